The molecule has 0 aliphatic rings. The van der Waals surface area contributed by atoms with E-state index in [1.165, 1.54) is 7.11 Å². The molecule has 1 N–H and O–H groups in total. The van der Waals surface area contributed by atoms with E-state index in [2.05, 4.69) is 10.1 Å². The van der Waals surface area contributed by atoms with Gasteiger partial charge in [-0.25, -0.2) is 0 Å². The molecule has 0 spiro atoms. The monoisotopic (exact) mass is 196 g/mol. The van der Waals surface area contributed by atoms with Gasteiger partial charge in [0, 0.05) is 26.0 Å². The predicted molar refractivity (Wildman–Crippen MR) is 53.7 cm³/mol. The smallest absolute Gasteiger partial charge is 0.322 e. The van der Waals surface area contributed by atoms with Crippen molar-refractivity contribution in [3.8, 4) is 0 Å². The Hall–Kier alpha value is -1.29. The van der Waals surface area contributed by atoms with E-state index in [1.54, 1.807) is 6.92 Å². The lowest BCUT2D eigenvalue weighted by atomic mass is 10.3. The maximum absolute atomic E-state index is 11.0. The standard InChI is InChI=1S/C10H16N2O2/c1-8(10(13)14-3)11-6-9-4-5-12(2)7-9/h4-5,7-8,11H,6H2,1-3H3/t8-/m0/s1. The quantitative estimate of drug-likeness (QED) is 0.720. The molecule has 0 radical (unpaired) electrons. The molecule has 4 heteroatoms. The van der Waals surface area contributed by atoms with E-state index in [0.29, 0.717) is 6.54 Å². The van der Waals surface area contributed by atoms with E-state index in [0.717, 1.165) is 5.56 Å². The highest BCUT2D eigenvalue weighted by molar-refractivity contribution is 5.75. The summed E-state index contributed by atoms with van der Waals surface area (Å²) in [6.07, 6.45) is 3.98. The Morgan fingerprint density at radius 3 is 2.93 bits per heavy atom. The van der Waals surface area contributed by atoms with Gasteiger partial charge in [0.25, 0.3) is 0 Å². The van der Waals surface area contributed by atoms with Gasteiger partial charge in [0.1, 0.15) is 6.04 Å². The number of nitrogens with zero attached hydrogens (tertiary/aromatic N) is 1. The summed E-state index contributed by atoms with van der Waals surface area (Å²) in [6.45, 7) is 2.46. The van der Waals surface area contributed by atoms with Crippen LogP contribution in [0.25, 0.3) is 0 Å². The fourth-order valence-electron chi connectivity index (χ4n) is 1.20. The second-order valence-electron chi connectivity index (χ2n) is 3.31. The van der Waals surface area contributed by atoms with Gasteiger partial charge in [0.15, 0.2) is 0 Å². The zero-order valence-corrected chi connectivity index (χ0v) is 8.78. The molecule has 14 heavy (non-hydrogen) atoms. The van der Waals surface area contributed by atoms with Crippen molar-refractivity contribution in [3.05, 3.63) is 24.0 Å². The number of esters is 1. The van der Waals surface area contributed by atoms with Crippen LogP contribution < -0.4 is 5.32 Å². The van der Waals surface area contributed by atoms with Gasteiger partial charge < -0.3 is 14.6 Å². The van der Waals surface area contributed by atoms with Gasteiger partial charge in [0.05, 0.1) is 7.11 Å². The number of hydrogen-bond donors (Lipinski definition) is 1. The van der Waals surface area contributed by atoms with Crippen LogP contribution in [-0.2, 0) is 23.1 Å². The number of methoxy groups -OCH3 is 1. The van der Waals surface area contributed by atoms with E-state index in [4.69, 9.17) is 0 Å². The first kappa shape index (κ1) is 10.8. The van der Waals surface area contributed by atoms with Crippen LogP contribution >= 0.6 is 0 Å². The second kappa shape index (κ2) is 4.81. The van der Waals surface area contributed by atoms with Crippen LogP contribution in [0, 0.1) is 0 Å². The molecular weight excluding hydrogens is 180 g/mol. The fraction of sp³-hybridized carbons (Fsp3) is 0.500. The number of aromatic nitrogens is 1. The summed E-state index contributed by atoms with van der Waals surface area (Å²) < 4.78 is 6.57. The molecule has 0 bridgehead atoms. The zero-order chi connectivity index (χ0) is 10.6. The highest BCUT2D eigenvalue weighted by atomic mass is 16.5. The zero-order valence-electron chi connectivity index (χ0n) is 8.78. The van der Waals surface area contributed by atoms with Crippen molar-refractivity contribution in [1.29, 1.82) is 0 Å². The van der Waals surface area contributed by atoms with Gasteiger partial charge in [-0.15, -0.1) is 0 Å². The Bertz CT molecular complexity index is 307. The molecule has 0 fully saturated rings. The molecule has 0 saturated carbocycles. The fourth-order valence-corrected chi connectivity index (χ4v) is 1.20. The molecule has 1 atom stereocenters. The SMILES string of the molecule is COC(=O)[C@H](C)NCc1ccn(C)c1. The van der Waals surface area contributed by atoms with Crippen LogP contribution in [-0.4, -0.2) is 23.7 Å². The average Bonchev–Trinajstić information content (AvgIpc) is 2.59. The van der Waals surface area contributed by atoms with Crippen LogP contribution in [0.3, 0.4) is 0 Å². The minimum absolute atomic E-state index is 0.235. The van der Waals surface area contributed by atoms with Crippen molar-refractivity contribution in [2.45, 2.75) is 19.5 Å². The van der Waals surface area contributed by atoms with Crippen molar-refractivity contribution >= 4 is 5.97 Å². The topological polar surface area (TPSA) is 43.3 Å². The van der Waals surface area contributed by atoms with E-state index < -0.39 is 0 Å². The van der Waals surface area contributed by atoms with Crippen molar-refractivity contribution in [2.75, 3.05) is 7.11 Å². The summed E-state index contributed by atoms with van der Waals surface area (Å²) in [5.74, 6) is -0.235. The molecule has 1 aromatic heterocycles. The van der Waals surface area contributed by atoms with Crippen molar-refractivity contribution < 1.29 is 9.53 Å². The van der Waals surface area contributed by atoms with Crippen LogP contribution in [0.2, 0.25) is 0 Å². The Balaban J connectivity index is 2.37. The number of hydrogen-bond acceptors (Lipinski definition) is 3. The maximum atomic E-state index is 11.0. The van der Waals surface area contributed by atoms with Crippen molar-refractivity contribution in [2.24, 2.45) is 7.05 Å². The summed E-state index contributed by atoms with van der Waals surface area (Å²) in [4.78, 5) is 11.0. The van der Waals surface area contributed by atoms with Gasteiger partial charge >= 0.3 is 5.97 Å². The molecule has 0 amide bonds. The Morgan fingerprint density at radius 1 is 1.71 bits per heavy atom. The number of carbonyl (C=O) groups excluding carboxylic acids is 1. The number of ether oxygens (including phenoxy) is 1. The van der Waals surface area contributed by atoms with E-state index >= 15 is 0 Å². The normalized spacial score (nSPS) is 12.5. The van der Waals surface area contributed by atoms with E-state index in [-0.39, 0.29) is 12.0 Å². The number of rotatable bonds is 4. The molecule has 1 heterocycles. The lowest BCUT2D eigenvalue weighted by Gasteiger charge is -2.10. The minimum atomic E-state index is -0.264. The Morgan fingerprint density at radius 2 is 2.43 bits per heavy atom. The first-order valence-corrected chi connectivity index (χ1v) is 4.55. The van der Waals surface area contributed by atoms with Crippen molar-refractivity contribution in [1.82, 2.24) is 9.88 Å². The number of carbonyl (C=O) groups is 1. The van der Waals surface area contributed by atoms with Gasteiger partial charge in [0.2, 0.25) is 0 Å². The van der Waals surface area contributed by atoms with Crippen LogP contribution in [0.1, 0.15) is 12.5 Å². The highest BCUT2D eigenvalue weighted by Crippen LogP contribution is 1.99. The van der Waals surface area contributed by atoms with E-state index in [1.807, 2.05) is 30.1 Å². The molecule has 0 aliphatic heterocycles. The van der Waals surface area contributed by atoms with E-state index in [9.17, 15) is 4.79 Å². The van der Waals surface area contributed by atoms with Crippen LogP contribution in [0.5, 0.6) is 0 Å². The Labute approximate surface area is 83.9 Å². The minimum Gasteiger partial charge on any atom is -0.468 e. The van der Waals surface area contributed by atoms with Gasteiger partial charge in [-0.3, -0.25) is 4.79 Å². The molecule has 0 unspecified atom stereocenters. The largest absolute Gasteiger partial charge is 0.468 e. The van der Waals surface area contributed by atoms with Gasteiger partial charge in [-0.2, -0.15) is 0 Å². The third kappa shape index (κ3) is 2.88. The average molecular weight is 196 g/mol. The van der Waals surface area contributed by atoms with Crippen LogP contribution in [0.15, 0.2) is 18.5 Å². The third-order valence-corrected chi connectivity index (χ3v) is 2.06. The van der Waals surface area contributed by atoms with Crippen LogP contribution in [0.4, 0.5) is 0 Å². The second-order valence-corrected chi connectivity index (χ2v) is 3.31. The lowest BCUT2D eigenvalue weighted by molar-refractivity contribution is -0.142. The molecule has 1 rings (SSSR count). The summed E-state index contributed by atoms with van der Waals surface area (Å²) >= 11 is 0. The lowest BCUT2D eigenvalue weighted by Crippen LogP contribution is -2.34. The molecular formula is C10H16N2O2. The third-order valence-electron chi connectivity index (χ3n) is 2.06. The maximum Gasteiger partial charge on any atom is 0.322 e. The van der Waals surface area contributed by atoms with Crippen molar-refractivity contribution in [3.63, 3.8) is 0 Å². The summed E-state index contributed by atoms with van der Waals surface area (Å²) in [5, 5.41) is 3.08. The summed E-state index contributed by atoms with van der Waals surface area (Å²) in [7, 11) is 3.36. The summed E-state index contributed by atoms with van der Waals surface area (Å²) in [6, 6.07) is 1.75. The van der Waals surface area contributed by atoms with Gasteiger partial charge in [-0.1, -0.05) is 0 Å². The molecule has 0 aromatic carbocycles. The molecule has 0 saturated heterocycles. The molecule has 4 nitrogen and oxygen atoms in total. The highest BCUT2D eigenvalue weighted by Gasteiger charge is 2.11. The number of nitrogens with one attached hydrogen (secondary N) is 1. The Kier molecular flexibility index (Phi) is 3.71. The summed E-state index contributed by atoms with van der Waals surface area (Å²) in [5.41, 5.74) is 1.16. The molecule has 78 valence electrons. The first-order valence-electron chi connectivity index (χ1n) is 4.55. The predicted octanol–water partition coefficient (Wildman–Crippen LogP) is 0.676. The van der Waals surface area contributed by atoms with Gasteiger partial charge in [-0.05, 0) is 18.6 Å². The number of aryl methyl sites for hydroxylation is 1. The first-order chi connectivity index (χ1) is 6.63. The molecule has 1 aromatic rings. The molecule has 0 aliphatic carbocycles.